The maximum absolute atomic E-state index is 12.3. The van der Waals surface area contributed by atoms with Gasteiger partial charge in [0, 0.05) is 11.1 Å². The van der Waals surface area contributed by atoms with E-state index in [4.69, 9.17) is 5.21 Å². The molecule has 21 heavy (non-hydrogen) atoms. The summed E-state index contributed by atoms with van der Waals surface area (Å²) in [7, 11) is 0. The van der Waals surface area contributed by atoms with Gasteiger partial charge in [-0.25, -0.2) is 0 Å². The van der Waals surface area contributed by atoms with Crippen LogP contribution in [0.1, 0.15) is 44.0 Å². The Kier molecular flexibility index (Phi) is 4.46. The van der Waals surface area contributed by atoms with Gasteiger partial charge in [-0.05, 0) is 57.2 Å². The number of rotatable bonds is 3. The van der Waals surface area contributed by atoms with Gasteiger partial charge in [-0.3, -0.25) is 4.79 Å². The molecule has 1 aliphatic rings. The largest absolute Gasteiger partial charge is 0.411 e. The number of carbonyl (C=O) groups is 1. The number of carbonyl (C=O) groups excluding carboxylic acids is 1. The number of hydrogen-bond donors (Lipinski definition) is 2. The highest BCUT2D eigenvalue weighted by Crippen LogP contribution is 2.30. The van der Waals surface area contributed by atoms with Crippen LogP contribution in [-0.4, -0.2) is 22.4 Å². The average molecular weight is 286 g/mol. The minimum absolute atomic E-state index is 0.0747. The molecule has 4 nitrogen and oxygen atoms in total. The van der Waals surface area contributed by atoms with Gasteiger partial charge in [0.1, 0.15) is 0 Å². The summed E-state index contributed by atoms with van der Waals surface area (Å²) in [6, 6.07) is 9.20. The quantitative estimate of drug-likeness (QED) is 0.661. The molecule has 1 aliphatic carbocycles. The molecule has 1 aromatic carbocycles. The minimum Gasteiger partial charge on any atom is -0.411 e. The lowest BCUT2D eigenvalue weighted by atomic mass is 9.76. The normalized spacial score (nSPS) is 21.0. The summed E-state index contributed by atoms with van der Waals surface area (Å²) >= 11 is 0. The third kappa shape index (κ3) is 3.51. The molecule has 2 N–H and O–H groups in total. The highest BCUT2D eigenvalue weighted by molar-refractivity contribution is 6.00. The Morgan fingerprint density at radius 3 is 2.62 bits per heavy atom. The number of allylic oxidation sites excluding steroid dienone is 2. The fourth-order valence-corrected chi connectivity index (χ4v) is 2.64. The van der Waals surface area contributed by atoms with Crippen LogP contribution in [0.25, 0.3) is 0 Å². The van der Waals surface area contributed by atoms with Crippen molar-refractivity contribution >= 4 is 11.6 Å². The van der Waals surface area contributed by atoms with Crippen molar-refractivity contribution in [2.45, 2.75) is 39.2 Å². The number of nitrogens with zero attached hydrogens (tertiary/aromatic N) is 1. The van der Waals surface area contributed by atoms with Gasteiger partial charge < -0.3 is 10.5 Å². The summed E-state index contributed by atoms with van der Waals surface area (Å²) < 4.78 is 0. The van der Waals surface area contributed by atoms with Crippen molar-refractivity contribution in [2.24, 2.45) is 11.1 Å². The molecule has 0 unspecified atom stereocenters. The molecule has 0 aliphatic heterocycles. The Morgan fingerprint density at radius 2 is 2.00 bits per heavy atom. The van der Waals surface area contributed by atoms with Crippen molar-refractivity contribution in [2.75, 3.05) is 0 Å². The van der Waals surface area contributed by atoms with Gasteiger partial charge in [0.05, 0.1) is 5.71 Å². The van der Waals surface area contributed by atoms with Gasteiger partial charge >= 0.3 is 0 Å². The summed E-state index contributed by atoms with van der Waals surface area (Å²) in [5.41, 5.74) is 2.00. The van der Waals surface area contributed by atoms with Gasteiger partial charge in [0.15, 0.2) is 0 Å². The zero-order chi connectivity index (χ0) is 15.5. The first-order chi connectivity index (χ1) is 9.94. The molecular formula is C17H22N2O2. The van der Waals surface area contributed by atoms with Crippen molar-refractivity contribution in [1.82, 2.24) is 5.32 Å². The SMILES string of the molecule is CC1=CC[C@H](C(C)(C)NC(=O)c2ccccc2)C/C1=N/O. The number of benzene rings is 1. The number of amides is 1. The maximum Gasteiger partial charge on any atom is 0.251 e. The average Bonchev–Trinajstić information content (AvgIpc) is 2.48. The van der Waals surface area contributed by atoms with E-state index in [9.17, 15) is 4.79 Å². The molecular weight excluding hydrogens is 264 g/mol. The molecule has 0 fully saturated rings. The van der Waals surface area contributed by atoms with Crippen LogP contribution < -0.4 is 5.32 Å². The summed E-state index contributed by atoms with van der Waals surface area (Å²) in [5, 5.41) is 15.5. The minimum atomic E-state index is -0.375. The van der Waals surface area contributed by atoms with Crippen molar-refractivity contribution in [3.8, 4) is 0 Å². The van der Waals surface area contributed by atoms with Crippen LogP contribution in [0.2, 0.25) is 0 Å². The Bertz CT molecular complexity index is 574. The Labute approximate surface area is 125 Å². The van der Waals surface area contributed by atoms with Crippen LogP contribution in [0.4, 0.5) is 0 Å². The van der Waals surface area contributed by atoms with Crippen LogP contribution in [0.5, 0.6) is 0 Å². The molecule has 2 rings (SSSR count). The van der Waals surface area contributed by atoms with Gasteiger partial charge in [-0.2, -0.15) is 0 Å². The number of oxime groups is 1. The van der Waals surface area contributed by atoms with Crippen molar-refractivity contribution in [1.29, 1.82) is 0 Å². The summed E-state index contributed by atoms with van der Waals surface area (Å²) in [6.07, 6.45) is 3.60. The molecule has 0 aromatic heterocycles. The molecule has 1 atom stereocenters. The summed E-state index contributed by atoms with van der Waals surface area (Å²) in [6.45, 7) is 5.98. The maximum atomic E-state index is 12.3. The molecule has 0 bridgehead atoms. The summed E-state index contributed by atoms with van der Waals surface area (Å²) in [4.78, 5) is 12.3. The second kappa shape index (κ2) is 6.12. The molecule has 1 aromatic rings. The Hall–Kier alpha value is -2.10. The number of nitrogens with one attached hydrogen (secondary N) is 1. The van der Waals surface area contributed by atoms with Crippen molar-refractivity contribution in [3.05, 3.63) is 47.5 Å². The predicted molar refractivity (Wildman–Crippen MR) is 83.7 cm³/mol. The van der Waals surface area contributed by atoms with Crippen LogP contribution in [0, 0.1) is 5.92 Å². The van der Waals surface area contributed by atoms with Gasteiger partial charge in [-0.15, -0.1) is 0 Å². The van der Waals surface area contributed by atoms with Gasteiger partial charge in [0.25, 0.3) is 5.91 Å². The van der Waals surface area contributed by atoms with Crippen molar-refractivity contribution < 1.29 is 10.0 Å². The lowest BCUT2D eigenvalue weighted by Crippen LogP contribution is -2.50. The second-order valence-electron chi connectivity index (χ2n) is 6.11. The fourth-order valence-electron chi connectivity index (χ4n) is 2.64. The standard InChI is InChI=1S/C17H22N2O2/c1-12-9-10-14(11-15(12)19-21)17(2,3)18-16(20)13-7-5-4-6-8-13/h4-9,14,21H,10-11H2,1-3H3,(H,18,20)/b19-15-/t14-/m0/s1. The van der Waals surface area contributed by atoms with E-state index in [0.717, 1.165) is 12.0 Å². The third-order valence-electron chi connectivity index (χ3n) is 4.22. The van der Waals surface area contributed by atoms with E-state index in [0.29, 0.717) is 17.7 Å². The molecule has 0 radical (unpaired) electrons. The first-order valence-electron chi connectivity index (χ1n) is 7.19. The van der Waals surface area contributed by atoms with Crippen LogP contribution in [-0.2, 0) is 0 Å². The Balaban J connectivity index is 2.10. The lowest BCUT2D eigenvalue weighted by molar-refractivity contribution is 0.0881. The highest BCUT2D eigenvalue weighted by atomic mass is 16.4. The highest BCUT2D eigenvalue weighted by Gasteiger charge is 2.33. The molecule has 0 saturated carbocycles. The Morgan fingerprint density at radius 1 is 1.33 bits per heavy atom. The molecule has 0 saturated heterocycles. The van der Waals surface area contributed by atoms with Crippen molar-refractivity contribution in [3.63, 3.8) is 0 Å². The molecule has 0 spiro atoms. The van der Waals surface area contributed by atoms with Crippen LogP contribution in [0.15, 0.2) is 47.1 Å². The lowest BCUT2D eigenvalue weighted by Gasteiger charge is -2.37. The predicted octanol–water partition coefficient (Wildman–Crippen LogP) is 3.38. The first-order valence-corrected chi connectivity index (χ1v) is 7.19. The first kappa shape index (κ1) is 15.3. The topological polar surface area (TPSA) is 61.7 Å². The van der Waals surface area contributed by atoms with Crippen LogP contribution in [0.3, 0.4) is 0 Å². The smallest absolute Gasteiger partial charge is 0.251 e. The monoisotopic (exact) mass is 286 g/mol. The zero-order valence-corrected chi connectivity index (χ0v) is 12.8. The van der Waals surface area contributed by atoms with E-state index in [-0.39, 0.29) is 17.4 Å². The molecule has 112 valence electrons. The second-order valence-corrected chi connectivity index (χ2v) is 6.11. The van der Waals surface area contributed by atoms with Gasteiger partial charge in [0.2, 0.25) is 0 Å². The van der Waals surface area contributed by atoms with E-state index in [1.165, 1.54) is 0 Å². The third-order valence-corrected chi connectivity index (χ3v) is 4.22. The van der Waals surface area contributed by atoms with E-state index in [1.54, 1.807) is 12.1 Å². The van der Waals surface area contributed by atoms with E-state index < -0.39 is 0 Å². The summed E-state index contributed by atoms with van der Waals surface area (Å²) in [5.74, 6) is 0.133. The molecule has 0 heterocycles. The fraction of sp³-hybridized carbons (Fsp3) is 0.412. The zero-order valence-electron chi connectivity index (χ0n) is 12.8. The van der Waals surface area contributed by atoms with E-state index in [2.05, 4.69) is 16.5 Å². The molecule has 4 heteroatoms. The number of hydrogen-bond acceptors (Lipinski definition) is 3. The van der Waals surface area contributed by atoms with E-state index in [1.807, 2.05) is 39.0 Å². The molecule has 1 amide bonds. The van der Waals surface area contributed by atoms with Crippen LogP contribution >= 0.6 is 0 Å². The van der Waals surface area contributed by atoms with E-state index >= 15 is 0 Å². The van der Waals surface area contributed by atoms with Gasteiger partial charge in [-0.1, -0.05) is 29.4 Å².